The third kappa shape index (κ3) is 2.91. The number of aromatic nitrogens is 1. The summed E-state index contributed by atoms with van der Waals surface area (Å²) >= 11 is 0. The molecule has 0 unspecified atom stereocenters. The summed E-state index contributed by atoms with van der Waals surface area (Å²) in [5.74, 6) is 2.15. The predicted molar refractivity (Wildman–Crippen MR) is 61.5 cm³/mol. The summed E-state index contributed by atoms with van der Waals surface area (Å²) in [6.45, 7) is 5.68. The van der Waals surface area contributed by atoms with Crippen molar-refractivity contribution in [3.05, 3.63) is 48.0 Å². The van der Waals surface area contributed by atoms with Crippen LogP contribution in [0, 0.1) is 0 Å². The molecule has 1 nitrogen and oxygen atoms in total. The molecule has 0 amide bonds. The third-order valence-corrected chi connectivity index (χ3v) is 2.06. The summed E-state index contributed by atoms with van der Waals surface area (Å²) in [5.41, 5.74) is 5.32. The first-order chi connectivity index (χ1) is 6.38. The maximum Gasteiger partial charge on any atom is 0.0535 e. The average molecular weight is 189 g/mol. The van der Waals surface area contributed by atoms with Gasteiger partial charge in [0.15, 0.2) is 0 Å². The van der Waals surface area contributed by atoms with Crippen LogP contribution in [0.15, 0.2) is 36.7 Å². The van der Waals surface area contributed by atoms with Gasteiger partial charge in [0.05, 0.1) is 5.69 Å². The first-order valence-electron chi connectivity index (χ1n) is 4.01. The van der Waals surface area contributed by atoms with Crippen molar-refractivity contribution in [2.24, 2.45) is 0 Å². The molecule has 1 heterocycles. The first-order valence-corrected chi connectivity index (χ1v) is 5.42. The minimum Gasteiger partial charge on any atom is -0.361 e. The summed E-state index contributed by atoms with van der Waals surface area (Å²) in [5, 5.41) is 0. The molecule has 1 rings (SSSR count). The molecule has 1 N–H and O–H groups in total. The quantitative estimate of drug-likeness (QED) is 0.427. The fourth-order valence-corrected chi connectivity index (χ4v) is 1.47. The summed E-state index contributed by atoms with van der Waals surface area (Å²) in [6, 6.07) is 2.05. The lowest BCUT2D eigenvalue weighted by Gasteiger charge is -1.87. The molecule has 0 bridgehead atoms. The topological polar surface area (TPSA) is 15.8 Å². The van der Waals surface area contributed by atoms with E-state index < -0.39 is 0 Å². The Morgan fingerprint density at radius 3 is 3.15 bits per heavy atom. The van der Waals surface area contributed by atoms with Crippen LogP contribution in [0.1, 0.15) is 11.3 Å². The van der Waals surface area contributed by atoms with Gasteiger partial charge in [0.25, 0.3) is 0 Å². The zero-order valence-corrected chi connectivity index (χ0v) is 8.51. The molecule has 0 radical (unpaired) electrons. The van der Waals surface area contributed by atoms with E-state index >= 15 is 0 Å². The normalized spacial score (nSPS) is 9.62. The lowest BCUT2D eigenvalue weighted by Crippen LogP contribution is -1.78. The Morgan fingerprint density at radius 1 is 1.62 bits per heavy atom. The van der Waals surface area contributed by atoms with Gasteiger partial charge in [0.2, 0.25) is 0 Å². The van der Waals surface area contributed by atoms with Crippen molar-refractivity contribution in [1.82, 2.24) is 4.98 Å². The van der Waals surface area contributed by atoms with Crippen LogP contribution in [0.25, 0.3) is 6.08 Å². The molecule has 2 heteroatoms. The zero-order chi connectivity index (χ0) is 9.52. The molecule has 13 heavy (non-hydrogen) atoms. The zero-order valence-electron chi connectivity index (χ0n) is 7.62. The van der Waals surface area contributed by atoms with Gasteiger partial charge in [-0.05, 0) is 24.6 Å². The molecule has 1 aromatic rings. The minimum absolute atomic E-state index is 1.09. The maximum atomic E-state index is 3.58. The number of hydrogen-bond donors (Lipinski definition) is 1. The highest BCUT2D eigenvalue weighted by atomic mass is 31.1. The van der Waals surface area contributed by atoms with Crippen molar-refractivity contribution in [3.63, 3.8) is 0 Å². The van der Waals surface area contributed by atoms with E-state index in [1.165, 1.54) is 13.8 Å². The SMILES string of the molecule is C=CC=C=Cc1[nH]ccc1C=PC. The molecule has 0 aliphatic carbocycles. The summed E-state index contributed by atoms with van der Waals surface area (Å²) in [7, 11) is 1.26. The van der Waals surface area contributed by atoms with Crippen molar-refractivity contribution in [1.29, 1.82) is 0 Å². The summed E-state index contributed by atoms with van der Waals surface area (Å²) < 4.78 is 0. The fraction of sp³-hybridized carbons (Fsp3) is 0.0909. The first kappa shape index (κ1) is 9.80. The van der Waals surface area contributed by atoms with Crippen molar-refractivity contribution < 1.29 is 0 Å². The van der Waals surface area contributed by atoms with Gasteiger partial charge in [0, 0.05) is 17.8 Å². The molecule has 0 aromatic carbocycles. The monoisotopic (exact) mass is 189 g/mol. The molecule has 0 saturated carbocycles. The lowest BCUT2D eigenvalue weighted by atomic mass is 10.2. The van der Waals surface area contributed by atoms with Gasteiger partial charge in [-0.25, -0.2) is 0 Å². The second kappa shape index (κ2) is 5.37. The molecular formula is C11H12NP. The Bertz CT molecular complexity index is 365. The Morgan fingerprint density at radius 2 is 2.46 bits per heavy atom. The molecule has 0 saturated heterocycles. The molecule has 0 spiro atoms. The van der Waals surface area contributed by atoms with E-state index in [1.54, 1.807) is 12.2 Å². The van der Waals surface area contributed by atoms with E-state index in [2.05, 4.69) is 35.8 Å². The number of rotatable bonds is 3. The van der Waals surface area contributed by atoms with E-state index in [4.69, 9.17) is 0 Å². The molecular weight excluding hydrogens is 177 g/mol. The molecule has 0 atom stereocenters. The van der Waals surface area contributed by atoms with Crippen molar-refractivity contribution in [2.75, 3.05) is 6.66 Å². The Balaban J connectivity index is 2.94. The van der Waals surface area contributed by atoms with Gasteiger partial charge >= 0.3 is 0 Å². The van der Waals surface area contributed by atoms with E-state index in [0.29, 0.717) is 0 Å². The third-order valence-electron chi connectivity index (χ3n) is 1.52. The van der Waals surface area contributed by atoms with Crippen LogP contribution in [-0.4, -0.2) is 17.4 Å². The minimum atomic E-state index is 1.09. The number of H-pyrrole nitrogens is 1. The van der Waals surface area contributed by atoms with Crippen LogP contribution in [0.2, 0.25) is 0 Å². The van der Waals surface area contributed by atoms with Gasteiger partial charge in [-0.3, -0.25) is 0 Å². The van der Waals surface area contributed by atoms with E-state index in [1.807, 2.05) is 12.3 Å². The van der Waals surface area contributed by atoms with Gasteiger partial charge in [0.1, 0.15) is 0 Å². The Hall–Kier alpha value is -1.29. The maximum absolute atomic E-state index is 3.58. The van der Waals surface area contributed by atoms with Crippen molar-refractivity contribution >= 4 is 20.1 Å². The highest BCUT2D eigenvalue weighted by Crippen LogP contribution is 2.07. The van der Waals surface area contributed by atoms with Crippen LogP contribution in [0.5, 0.6) is 0 Å². The fourth-order valence-electron chi connectivity index (χ4n) is 0.970. The summed E-state index contributed by atoms with van der Waals surface area (Å²) in [6.07, 6.45) is 7.34. The van der Waals surface area contributed by atoms with Gasteiger partial charge in [-0.1, -0.05) is 12.7 Å². The standard InChI is InChI=1S/C11H12NP/c1-3-4-5-6-11-10(9-13-2)7-8-12-11/h3-4,6-9,12H,1H2,2H3. The lowest BCUT2D eigenvalue weighted by molar-refractivity contribution is 1.37. The van der Waals surface area contributed by atoms with E-state index in [0.717, 1.165) is 5.69 Å². The van der Waals surface area contributed by atoms with E-state index in [9.17, 15) is 0 Å². The van der Waals surface area contributed by atoms with Crippen LogP contribution < -0.4 is 0 Å². The average Bonchev–Trinajstić information content (AvgIpc) is 2.54. The van der Waals surface area contributed by atoms with Crippen molar-refractivity contribution in [2.45, 2.75) is 0 Å². The molecule has 66 valence electrons. The number of hydrogen-bond acceptors (Lipinski definition) is 0. The predicted octanol–water partition coefficient (Wildman–Crippen LogP) is 3.10. The number of nitrogens with one attached hydrogen (secondary N) is 1. The van der Waals surface area contributed by atoms with Crippen LogP contribution in [-0.2, 0) is 0 Å². The van der Waals surface area contributed by atoms with Gasteiger partial charge in [-0.2, -0.15) is 0 Å². The second-order valence-corrected chi connectivity index (χ2v) is 3.22. The smallest absolute Gasteiger partial charge is 0.0535 e. The van der Waals surface area contributed by atoms with Crippen LogP contribution in [0.3, 0.4) is 0 Å². The van der Waals surface area contributed by atoms with Gasteiger partial charge in [-0.15, -0.1) is 13.9 Å². The largest absolute Gasteiger partial charge is 0.361 e. The number of aromatic amines is 1. The highest BCUT2D eigenvalue weighted by molar-refractivity contribution is 7.38. The second-order valence-electron chi connectivity index (χ2n) is 2.45. The van der Waals surface area contributed by atoms with Crippen molar-refractivity contribution in [3.8, 4) is 0 Å². The van der Waals surface area contributed by atoms with Gasteiger partial charge < -0.3 is 4.98 Å². The summed E-state index contributed by atoms with van der Waals surface area (Å²) in [4.78, 5) is 3.14. The Kier molecular flexibility index (Phi) is 4.05. The highest BCUT2D eigenvalue weighted by Gasteiger charge is 1.93. The van der Waals surface area contributed by atoms with E-state index in [-0.39, 0.29) is 0 Å². The molecule has 0 aliphatic heterocycles. The van der Waals surface area contributed by atoms with Crippen LogP contribution in [0.4, 0.5) is 0 Å². The Labute approximate surface area is 80.3 Å². The number of allylic oxidation sites excluding steroid dienone is 2. The van der Waals surface area contributed by atoms with Crippen LogP contribution >= 0.6 is 8.20 Å². The molecule has 1 aromatic heterocycles. The molecule has 0 fully saturated rings. The molecule has 0 aliphatic rings.